The van der Waals surface area contributed by atoms with Crippen molar-refractivity contribution in [2.75, 3.05) is 0 Å². The third-order valence-corrected chi connectivity index (χ3v) is 3.32. The summed E-state index contributed by atoms with van der Waals surface area (Å²) in [4.78, 5) is 6.57. The van der Waals surface area contributed by atoms with E-state index < -0.39 is 0 Å². The van der Waals surface area contributed by atoms with E-state index in [0.717, 1.165) is 12.3 Å². The number of amidine groups is 2. The molecule has 0 amide bonds. The molecule has 98 valence electrons. The summed E-state index contributed by atoms with van der Waals surface area (Å²) >= 11 is 5.62. The number of aliphatic imine (C=N–C) groups is 1. The van der Waals surface area contributed by atoms with Crippen molar-refractivity contribution in [2.24, 2.45) is 4.99 Å². The minimum absolute atomic E-state index is 0.0379. The third-order valence-electron chi connectivity index (χ3n) is 3.23. The fourth-order valence-electron chi connectivity index (χ4n) is 2.72. The Labute approximate surface area is 110 Å². The van der Waals surface area contributed by atoms with Gasteiger partial charge >= 0.3 is 0 Å². The van der Waals surface area contributed by atoms with E-state index in [1.807, 2.05) is 0 Å². The molecule has 0 aliphatic heterocycles. The van der Waals surface area contributed by atoms with Crippen LogP contribution < -0.4 is 0 Å². The van der Waals surface area contributed by atoms with Crippen molar-refractivity contribution < 1.29 is 0 Å². The number of hydrogen-bond acceptors (Lipinski definition) is 1. The van der Waals surface area contributed by atoms with Crippen molar-refractivity contribution in [1.82, 2.24) is 4.90 Å². The average Bonchev–Trinajstić information content (AvgIpc) is 2.67. The first-order valence-corrected chi connectivity index (χ1v) is 6.85. The average molecular weight is 258 g/mol. The van der Waals surface area contributed by atoms with Gasteiger partial charge in [-0.15, -0.1) is 0 Å². The Morgan fingerprint density at radius 1 is 1.35 bits per heavy atom. The Kier molecular flexibility index (Phi) is 4.99. The fraction of sp³-hybridized carbons (Fsp3) is 0.846. The van der Waals surface area contributed by atoms with Gasteiger partial charge in [0.1, 0.15) is 5.84 Å². The highest BCUT2D eigenvalue weighted by atomic mass is 35.5. The van der Waals surface area contributed by atoms with Gasteiger partial charge in [-0.1, -0.05) is 19.8 Å². The van der Waals surface area contributed by atoms with Gasteiger partial charge in [0.05, 0.1) is 0 Å². The van der Waals surface area contributed by atoms with Crippen molar-refractivity contribution in [2.45, 2.75) is 71.4 Å². The van der Waals surface area contributed by atoms with Crippen LogP contribution in [0.2, 0.25) is 0 Å². The molecule has 1 N–H and O–H groups in total. The lowest BCUT2D eigenvalue weighted by Gasteiger charge is -2.42. The predicted octanol–water partition coefficient (Wildman–Crippen LogP) is 4.01. The SMILES string of the molecule is CC/C(=N\C(=N)Cl)N(C1CCCC1)C(C)(C)C. The van der Waals surface area contributed by atoms with E-state index in [1.165, 1.54) is 25.7 Å². The lowest BCUT2D eigenvalue weighted by Crippen LogP contribution is -2.50. The van der Waals surface area contributed by atoms with E-state index in [-0.39, 0.29) is 10.8 Å². The molecule has 0 unspecified atom stereocenters. The maximum absolute atomic E-state index is 7.35. The molecule has 0 aromatic rings. The Bertz CT molecular complexity index is 298. The number of halogens is 1. The first-order valence-electron chi connectivity index (χ1n) is 6.47. The zero-order valence-electron chi connectivity index (χ0n) is 11.4. The van der Waals surface area contributed by atoms with Crippen molar-refractivity contribution in [3.63, 3.8) is 0 Å². The smallest absolute Gasteiger partial charge is 0.216 e. The highest BCUT2D eigenvalue weighted by Gasteiger charge is 2.32. The van der Waals surface area contributed by atoms with E-state index in [0.29, 0.717) is 6.04 Å². The minimum atomic E-state index is -0.117. The summed E-state index contributed by atoms with van der Waals surface area (Å²) in [7, 11) is 0. The summed E-state index contributed by atoms with van der Waals surface area (Å²) in [5.74, 6) is 0.949. The number of nitrogens with one attached hydrogen (secondary N) is 1. The first kappa shape index (κ1) is 14.5. The Morgan fingerprint density at radius 3 is 2.24 bits per heavy atom. The second kappa shape index (κ2) is 5.85. The number of rotatable bonds is 2. The molecule has 0 spiro atoms. The van der Waals surface area contributed by atoms with Crippen LogP contribution in [-0.2, 0) is 0 Å². The lowest BCUT2D eigenvalue weighted by atomic mass is 10.0. The summed E-state index contributed by atoms with van der Waals surface area (Å²) in [5, 5.41) is 7.23. The molecule has 1 aliphatic rings. The van der Waals surface area contributed by atoms with E-state index in [1.54, 1.807) is 0 Å². The van der Waals surface area contributed by atoms with Gasteiger partial charge < -0.3 is 4.90 Å². The maximum atomic E-state index is 7.35. The van der Waals surface area contributed by atoms with Crippen LogP contribution in [-0.4, -0.2) is 27.6 Å². The summed E-state index contributed by atoms with van der Waals surface area (Å²) in [6.45, 7) is 8.68. The molecule has 1 rings (SSSR count). The van der Waals surface area contributed by atoms with Gasteiger partial charge in [-0.05, 0) is 45.2 Å². The summed E-state index contributed by atoms with van der Waals surface area (Å²) in [6, 6.07) is 0.560. The molecule has 3 nitrogen and oxygen atoms in total. The van der Waals surface area contributed by atoms with E-state index >= 15 is 0 Å². The van der Waals surface area contributed by atoms with E-state index in [9.17, 15) is 0 Å². The topological polar surface area (TPSA) is 39.5 Å². The van der Waals surface area contributed by atoms with E-state index in [4.69, 9.17) is 17.0 Å². The minimum Gasteiger partial charge on any atom is -0.352 e. The summed E-state index contributed by atoms with van der Waals surface area (Å²) in [5.41, 5.74) is 0.0379. The monoisotopic (exact) mass is 257 g/mol. The van der Waals surface area contributed by atoms with Gasteiger partial charge in [-0.3, -0.25) is 5.41 Å². The fourth-order valence-corrected chi connectivity index (χ4v) is 2.82. The van der Waals surface area contributed by atoms with Crippen LogP contribution in [0.1, 0.15) is 59.8 Å². The molecule has 4 heteroatoms. The van der Waals surface area contributed by atoms with Crippen LogP contribution in [0.5, 0.6) is 0 Å². The van der Waals surface area contributed by atoms with Crippen molar-refractivity contribution in [3.8, 4) is 0 Å². The number of nitrogens with zero attached hydrogens (tertiary/aromatic N) is 2. The highest BCUT2D eigenvalue weighted by Crippen LogP contribution is 2.30. The molecular weight excluding hydrogens is 234 g/mol. The lowest BCUT2D eigenvalue weighted by molar-refractivity contribution is 0.173. The zero-order valence-corrected chi connectivity index (χ0v) is 12.1. The van der Waals surface area contributed by atoms with Gasteiger partial charge in [0, 0.05) is 18.0 Å². The van der Waals surface area contributed by atoms with Crippen LogP contribution in [0.15, 0.2) is 4.99 Å². The second-order valence-electron chi connectivity index (χ2n) is 5.65. The molecule has 1 aliphatic carbocycles. The maximum Gasteiger partial charge on any atom is 0.216 e. The standard InChI is InChI=1S/C13H24ClN3/c1-5-11(16-12(14)15)17(13(2,3)4)10-8-6-7-9-10/h10,15H,5-9H2,1-4H3/b15-12?,16-11+. The molecule has 0 radical (unpaired) electrons. The first-order chi connectivity index (χ1) is 7.86. The zero-order chi connectivity index (χ0) is 13.1. The molecule has 0 atom stereocenters. The second-order valence-corrected chi connectivity index (χ2v) is 6.01. The van der Waals surface area contributed by atoms with Gasteiger partial charge in [-0.2, -0.15) is 0 Å². The van der Waals surface area contributed by atoms with Crippen LogP contribution in [0.3, 0.4) is 0 Å². The summed E-state index contributed by atoms with van der Waals surface area (Å²) < 4.78 is 0. The Balaban J connectivity index is 2.99. The van der Waals surface area contributed by atoms with Crippen LogP contribution in [0.25, 0.3) is 0 Å². The normalized spacial score (nSPS) is 18.5. The Morgan fingerprint density at radius 2 is 1.88 bits per heavy atom. The van der Waals surface area contributed by atoms with Crippen molar-refractivity contribution in [1.29, 1.82) is 5.41 Å². The number of hydrogen-bond donors (Lipinski definition) is 1. The van der Waals surface area contributed by atoms with E-state index in [2.05, 4.69) is 37.6 Å². The Hall–Kier alpha value is -0.570. The molecule has 1 fully saturated rings. The van der Waals surface area contributed by atoms with Crippen LogP contribution in [0, 0.1) is 5.41 Å². The largest absolute Gasteiger partial charge is 0.352 e. The van der Waals surface area contributed by atoms with Crippen molar-refractivity contribution >= 4 is 22.7 Å². The molecular formula is C13H24ClN3. The molecule has 0 bridgehead atoms. The van der Waals surface area contributed by atoms with Crippen LogP contribution in [0.4, 0.5) is 0 Å². The molecule has 0 aromatic heterocycles. The quantitative estimate of drug-likeness (QED) is 0.453. The molecule has 1 saturated carbocycles. The molecule has 17 heavy (non-hydrogen) atoms. The molecule has 0 saturated heterocycles. The predicted molar refractivity (Wildman–Crippen MR) is 75.2 cm³/mol. The highest BCUT2D eigenvalue weighted by molar-refractivity contribution is 6.64. The van der Waals surface area contributed by atoms with Gasteiger partial charge in [0.25, 0.3) is 0 Å². The van der Waals surface area contributed by atoms with Crippen LogP contribution >= 0.6 is 11.6 Å². The summed E-state index contributed by atoms with van der Waals surface area (Å²) in [6.07, 6.45) is 5.87. The van der Waals surface area contributed by atoms with Gasteiger partial charge in [-0.25, -0.2) is 4.99 Å². The van der Waals surface area contributed by atoms with Gasteiger partial charge in [0.2, 0.25) is 5.29 Å². The molecule has 0 aromatic carbocycles. The molecule has 0 heterocycles. The third kappa shape index (κ3) is 3.98. The van der Waals surface area contributed by atoms with Gasteiger partial charge in [0.15, 0.2) is 0 Å². The van der Waals surface area contributed by atoms with Crippen molar-refractivity contribution in [3.05, 3.63) is 0 Å².